The van der Waals surface area contributed by atoms with Crippen molar-refractivity contribution in [1.29, 1.82) is 0 Å². The summed E-state index contributed by atoms with van der Waals surface area (Å²) in [6.45, 7) is 8.10. The maximum Gasteiger partial charge on any atom is 0.282 e. The van der Waals surface area contributed by atoms with E-state index in [1.165, 1.54) is 4.68 Å². The molecule has 5 heteroatoms. The van der Waals surface area contributed by atoms with Crippen molar-refractivity contribution in [3.05, 3.63) is 74.2 Å². The van der Waals surface area contributed by atoms with Gasteiger partial charge in [0.05, 0.1) is 17.1 Å². The first-order valence-electron chi connectivity index (χ1n) is 8.10. The van der Waals surface area contributed by atoms with Crippen LogP contribution >= 0.6 is 15.9 Å². The minimum absolute atomic E-state index is 0.166. The summed E-state index contributed by atoms with van der Waals surface area (Å²) >= 11 is 3.42. The third-order valence-corrected chi connectivity index (χ3v) is 4.47. The summed E-state index contributed by atoms with van der Waals surface area (Å²) in [7, 11) is 0. The molecular formula is C20H20BrN3O. The maximum atomic E-state index is 13.0. The van der Waals surface area contributed by atoms with Crippen LogP contribution in [-0.2, 0) is 5.41 Å². The normalized spacial score (nSPS) is 12.2. The van der Waals surface area contributed by atoms with Crippen LogP contribution in [0.4, 0.5) is 0 Å². The lowest BCUT2D eigenvalue weighted by Crippen LogP contribution is -2.29. The molecule has 3 aromatic rings. The second-order valence-corrected chi connectivity index (χ2v) is 7.98. The second-order valence-electron chi connectivity index (χ2n) is 7.06. The van der Waals surface area contributed by atoms with Crippen molar-refractivity contribution in [2.24, 2.45) is 5.10 Å². The predicted molar refractivity (Wildman–Crippen MR) is 107 cm³/mol. The summed E-state index contributed by atoms with van der Waals surface area (Å²) in [5, 5.41) is 5.03. The van der Waals surface area contributed by atoms with E-state index in [1.54, 1.807) is 12.3 Å². The zero-order valence-corrected chi connectivity index (χ0v) is 16.3. The van der Waals surface area contributed by atoms with Crippen LogP contribution in [0.2, 0.25) is 0 Å². The lowest BCUT2D eigenvalue weighted by atomic mass is 9.95. The van der Waals surface area contributed by atoms with Crippen LogP contribution in [0.3, 0.4) is 0 Å². The lowest BCUT2D eigenvalue weighted by molar-refractivity contribution is 0.506. The Morgan fingerprint density at radius 2 is 1.88 bits per heavy atom. The Morgan fingerprint density at radius 1 is 1.16 bits per heavy atom. The van der Waals surface area contributed by atoms with Crippen molar-refractivity contribution in [2.75, 3.05) is 0 Å². The Morgan fingerprint density at radius 3 is 2.56 bits per heavy atom. The number of hydrogen-bond donors (Lipinski definition) is 0. The molecule has 0 spiro atoms. The molecule has 2 aromatic carbocycles. The largest absolute Gasteiger partial charge is 0.282 e. The number of fused-ring (bicyclic) bond motifs is 1. The van der Waals surface area contributed by atoms with E-state index in [1.807, 2.05) is 64.1 Å². The summed E-state index contributed by atoms with van der Waals surface area (Å²) in [6.07, 6.45) is 1.72. The van der Waals surface area contributed by atoms with Gasteiger partial charge in [0, 0.05) is 9.89 Å². The van der Waals surface area contributed by atoms with Crippen LogP contribution in [0.15, 0.2) is 56.8 Å². The highest BCUT2D eigenvalue weighted by atomic mass is 79.9. The van der Waals surface area contributed by atoms with Gasteiger partial charge in [-0.1, -0.05) is 61.0 Å². The third-order valence-electron chi connectivity index (χ3n) is 3.98. The highest BCUT2D eigenvalue weighted by Gasteiger charge is 2.22. The first-order chi connectivity index (χ1) is 11.8. The van der Waals surface area contributed by atoms with E-state index in [4.69, 9.17) is 4.98 Å². The predicted octanol–water partition coefficient (Wildman–Crippen LogP) is 4.65. The first kappa shape index (κ1) is 17.5. The topological polar surface area (TPSA) is 47.2 Å². The molecular weight excluding hydrogens is 378 g/mol. The van der Waals surface area contributed by atoms with Crippen molar-refractivity contribution < 1.29 is 0 Å². The maximum absolute atomic E-state index is 13.0. The molecule has 0 amide bonds. The van der Waals surface area contributed by atoms with Gasteiger partial charge in [0.25, 0.3) is 5.56 Å². The number of hydrogen-bond acceptors (Lipinski definition) is 3. The van der Waals surface area contributed by atoms with Gasteiger partial charge in [-0.3, -0.25) is 4.79 Å². The van der Waals surface area contributed by atoms with E-state index < -0.39 is 0 Å². The molecule has 0 aliphatic heterocycles. The molecule has 0 unspecified atom stereocenters. The lowest BCUT2D eigenvalue weighted by Gasteiger charge is -2.20. The molecule has 0 radical (unpaired) electrons. The van der Waals surface area contributed by atoms with Crippen LogP contribution in [0.25, 0.3) is 10.9 Å². The number of nitrogens with zero attached hydrogens (tertiary/aromatic N) is 3. The van der Waals surface area contributed by atoms with Gasteiger partial charge in [0.15, 0.2) is 0 Å². The summed E-state index contributed by atoms with van der Waals surface area (Å²) in [5.74, 6) is 0.636. The minimum atomic E-state index is -0.316. The van der Waals surface area contributed by atoms with Crippen molar-refractivity contribution in [3.63, 3.8) is 0 Å². The fourth-order valence-corrected chi connectivity index (χ4v) is 2.95. The fourth-order valence-electron chi connectivity index (χ4n) is 2.59. The molecule has 0 fully saturated rings. The minimum Gasteiger partial charge on any atom is -0.267 e. The van der Waals surface area contributed by atoms with Gasteiger partial charge in [0.2, 0.25) is 0 Å². The molecule has 3 rings (SSSR count). The van der Waals surface area contributed by atoms with Crippen LogP contribution in [-0.4, -0.2) is 15.9 Å². The highest BCUT2D eigenvalue weighted by Crippen LogP contribution is 2.23. The second kappa shape index (κ2) is 6.56. The quantitative estimate of drug-likeness (QED) is 0.590. The van der Waals surface area contributed by atoms with Crippen molar-refractivity contribution in [3.8, 4) is 0 Å². The Balaban J connectivity index is 2.26. The molecule has 0 aliphatic carbocycles. The zero-order chi connectivity index (χ0) is 18.2. The number of benzene rings is 2. The van der Waals surface area contributed by atoms with E-state index in [0.29, 0.717) is 16.7 Å². The molecule has 4 nitrogen and oxygen atoms in total. The van der Waals surface area contributed by atoms with Crippen molar-refractivity contribution in [1.82, 2.24) is 9.66 Å². The summed E-state index contributed by atoms with van der Waals surface area (Å²) in [4.78, 5) is 17.8. The van der Waals surface area contributed by atoms with Gasteiger partial charge in [-0.15, -0.1) is 0 Å². The number of rotatable bonds is 2. The average Bonchev–Trinajstić information content (AvgIpc) is 2.55. The zero-order valence-electron chi connectivity index (χ0n) is 14.7. The van der Waals surface area contributed by atoms with Crippen LogP contribution in [0, 0.1) is 6.92 Å². The number of aromatic nitrogens is 2. The Hall–Kier alpha value is -2.27. The molecule has 0 bridgehead atoms. The van der Waals surface area contributed by atoms with E-state index in [9.17, 15) is 4.79 Å². The van der Waals surface area contributed by atoms with Crippen LogP contribution < -0.4 is 5.56 Å². The van der Waals surface area contributed by atoms with Gasteiger partial charge in [-0.2, -0.15) is 9.78 Å². The summed E-state index contributed by atoms with van der Waals surface area (Å²) in [5.41, 5.74) is 2.28. The van der Waals surface area contributed by atoms with Crippen molar-refractivity contribution in [2.45, 2.75) is 33.1 Å². The molecule has 1 aromatic heterocycles. The van der Waals surface area contributed by atoms with Gasteiger partial charge >= 0.3 is 0 Å². The molecule has 1 heterocycles. The first-order valence-corrected chi connectivity index (χ1v) is 8.89. The third kappa shape index (κ3) is 3.56. The Labute approximate surface area is 155 Å². The van der Waals surface area contributed by atoms with E-state index in [0.717, 1.165) is 15.6 Å². The smallest absolute Gasteiger partial charge is 0.267 e. The molecule has 128 valence electrons. The Kier molecular flexibility index (Phi) is 4.60. The van der Waals surface area contributed by atoms with E-state index in [-0.39, 0.29) is 11.0 Å². The average molecular weight is 398 g/mol. The summed E-state index contributed by atoms with van der Waals surface area (Å²) < 4.78 is 2.26. The van der Waals surface area contributed by atoms with Gasteiger partial charge in [0.1, 0.15) is 5.82 Å². The molecule has 0 aliphatic rings. The SMILES string of the molecule is Cc1ccccc1C=Nn1c(C(C)(C)C)nc2ccc(Br)cc2c1=O. The fraction of sp³-hybridized carbons (Fsp3) is 0.250. The number of halogens is 1. The van der Waals surface area contributed by atoms with Gasteiger partial charge in [-0.05, 0) is 36.2 Å². The molecule has 0 atom stereocenters. The van der Waals surface area contributed by atoms with Crippen molar-refractivity contribution >= 4 is 33.0 Å². The standard InChI is InChI=1S/C20H20BrN3O/c1-13-7-5-6-8-14(13)12-22-24-18(25)16-11-15(21)9-10-17(16)23-19(24)20(2,3)4/h5-12H,1-4H3. The van der Waals surface area contributed by atoms with Gasteiger partial charge in [-0.25, -0.2) is 4.98 Å². The molecule has 0 saturated carbocycles. The van der Waals surface area contributed by atoms with Crippen LogP contribution in [0.5, 0.6) is 0 Å². The monoisotopic (exact) mass is 397 g/mol. The summed E-state index contributed by atoms with van der Waals surface area (Å²) in [6, 6.07) is 13.5. The highest BCUT2D eigenvalue weighted by molar-refractivity contribution is 9.10. The molecule has 0 N–H and O–H groups in total. The van der Waals surface area contributed by atoms with E-state index in [2.05, 4.69) is 21.0 Å². The number of aryl methyl sites for hydroxylation is 1. The van der Waals surface area contributed by atoms with E-state index >= 15 is 0 Å². The Bertz CT molecular complexity index is 1030. The van der Waals surface area contributed by atoms with Gasteiger partial charge < -0.3 is 0 Å². The molecule has 25 heavy (non-hydrogen) atoms. The molecule has 0 saturated heterocycles. The van der Waals surface area contributed by atoms with Crippen LogP contribution in [0.1, 0.15) is 37.7 Å².